The van der Waals surface area contributed by atoms with E-state index in [1.165, 1.54) is 44.5 Å². The van der Waals surface area contributed by atoms with Crippen molar-refractivity contribution in [2.45, 2.75) is 25.7 Å². The molecule has 0 aromatic heterocycles. The summed E-state index contributed by atoms with van der Waals surface area (Å²) in [4.78, 5) is 2.56. The van der Waals surface area contributed by atoms with Crippen molar-refractivity contribution in [2.75, 3.05) is 54.1 Å². The molecule has 1 aliphatic heterocycles. The molecule has 1 heterocycles. The van der Waals surface area contributed by atoms with Crippen LogP contribution in [0.25, 0.3) is 0 Å². The number of aryl methyl sites for hydroxylation is 1. The molecule has 0 aliphatic carbocycles. The average Bonchev–Trinajstić information content (AvgIpc) is 2.86. The molecule has 0 unspecified atom stereocenters. The molecule has 1 aromatic carbocycles. The van der Waals surface area contributed by atoms with Gasteiger partial charge in [0, 0.05) is 13.1 Å². The fraction of sp³-hybridized carbons (Fsp3) is 0.667. The van der Waals surface area contributed by atoms with E-state index < -0.39 is 0 Å². The zero-order valence-corrected chi connectivity index (χ0v) is 17.1. The van der Waals surface area contributed by atoms with Crippen molar-refractivity contribution in [3.63, 3.8) is 0 Å². The summed E-state index contributed by atoms with van der Waals surface area (Å²) in [5.74, 6) is 2.14. The molecule has 1 fully saturated rings. The standard InChI is InChI=1S/C18H30N2O3.2ClH/c1-21-16-13-15(14-17(22-2)18(16)23-3)7-4-5-10-20-11-6-8-19-9-12-20;;/h13-14,19H,4-12H2,1-3H3;2*1H. The van der Waals surface area contributed by atoms with Crippen LogP contribution in [-0.2, 0) is 6.42 Å². The summed E-state index contributed by atoms with van der Waals surface area (Å²) < 4.78 is 16.2. The molecular weight excluding hydrogens is 363 g/mol. The summed E-state index contributed by atoms with van der Waals surface area (Å²) in [7, 11) is 4.96. The van der Waals surface area contributed by atoms with E-state index in [4.69, 9.17) is 14.2 Å². The Balaban J connectivity index is 0.00000288. The summed E-state index contributed by atoms with van der Waals surface area (Å²) in [5, 5.41) is 3.45. The quantitative estimate of drug-likeness (QED) is 0.685. The second kappa shape index (κ2) is 13.3. The first-order valence-electron chi connectivity index (χ1n) is 8.50. The lowest BCUT2D eigenvalue weighted by Crippen LogP contribution is -2.29. The molecule has 146 valence electrons. The maximum Gasteiger partial charge on any atom is 0.203 e. The van der Waals surface area contributed by atoms with Crippen LogP contribution in [0.15, 0.2) is 12.1 Å². The van der Waals surface area contributed by atoms with Gasteiger partial charge in [0.15, 0.2) is 11.5 Å². The number of nitrogens with one attached hydrogen (secondary N) is 1. The van der Waals surface area contributed by atoms with E-state index in [2.05, 4.69) is 22.3 Å². The minimum Gasteiger partial charge on any atom is -0.493 e. The van der Waals surface area contributed by atoms with Crippen molar-refractivity contribution >= 4 is 24.8 Å². The number of methoxy groups -OCH3 is 3. The van der Waals surface area contributed by atoms with Gasteiger partial charge in [0.1, 0.15) is 0 Å². The van der Waals surface area contributed by atoms with E-state index in [1.807, 2.05) is 0 Å². The lowest BCUT2D eigenvalue weighted by atomic mass is 10.1. The maximum absolute atomic E-state index is 5.41. The molecule has 0 spiro atoms. The van der Waals surface area contributed by atoms with Gasteiger partial charge in [-0.15, -0.1) is 24.8 Å². The molecule has 1 aromatic rings. The van der Waals surface area contributed by atoms with Gasteiger partial charge in [0.25, 0.3) is 0 Å². The molecule has 0 bridgehead atoms. The van der Waals surface area contributed by atoms with E-state index in [0.717, 1.165) is 31.0 Å². The highest BCUT2D eigenvalue weighted by molar-refractivity contribution is 5.85. The number of ether oxygens (including phenoxy) is 3. The van der Waals surface area contributed by atoms with Gasteiger partial charge in [0.05, 0.1) is 21.3 Å². The van der Waals surface area contributed by atoms with E-state index in [1.54, 1.807) is 21.3 Å². The van der Waals surface area contributed by atoms with Crippen LogP contribution >= 0.6 is 24.8 Å². The summed E-state index contributed by atoms with van der Waals surface area (Å²) in [6, 6.07) is 4.11. The highest BCUT2D eigenvalue weighted by atomic mass is 35.5. The number of rotatable bonds is 8. The van der Waals surface area contributed by atoms with Crippen LogP contribution in [0.1, 0.15) is 24.8 Å². The summed E-state index contributed by atoms with van der Waals surface area (Å²) in [6.07, 6.45) is 4.68. The van der Waals surface area contributed by atoms with Crippen molar-refractivity contribution in [3.8, 4) is 17.2 Å². The predicted octanol–water partition coefficient (Wildman–Crippen LogP) is 3.17. The largest absolute Gasteiger partial charge is 0.493 e. The highest BCUT2D eigenvalue weighted by Crippen LogP contribution is 2.38. The lowest BCUT2D eigenvalue weighted by Gasteiger charge is -2.19. The SMILES string of the molecule is COc1cc(CCCCN2CCCNCC2)cc(OC)c1OC.Cl.Cl. The molecule has 0 saturated carbocycles. The van der Waals surface area contributed by atoms with Gasteiger partial charge in [-0.2, -0.15) is 0 Å². The van der Waals surface area contributed by atoms with Crippen LogP contribution in [0.4, 0.5) is 0 Å². The van der Waals surface area contributed by atoms with Crippen LogP contribution < -0.4 is 19.5 Å². The summed E-state index contributed by atoms with van der Waals surface area (Å²) in [5.41, 5.74) is 1.23. The maximum atomic E-state index is 5.41. The van der Waals surface area contributed by atoms with Gasteiger partial charge in [-0.1, -0.05) is 0 Å². The first-order chi connectivity index (χ1) is 11.3. The summed E-state index contributed by atoms with van der Waals surface area (Å²) in [6.45, 7) is 5.85. The predicted molar refractivity (Wildman–Crippen MR) is 107 cm³/mol. The molecule has 5 nitrogen and oxygen atoms in total. The monoisotopic (exact) mass is 394 g/mol. The molecule has 25 heavy (non-hydrogen) atoms. The third-order valence-corrected chi connectivity index (χ3v) is 4.35. The number of benzene rings is 1. The number of nitrogens with zero attached hydrogens (tertiary/aromatic N) is 1. The molecule has 7 heteroatoms. The van der Waals surface area contributed by atoms with Crippen LogP contribution in [-0.4, -0.2) is 59.0 Å². The molecule has 0 radical (unpaired) electrons. The second-order valence-corrected chi connectivity index (χ2v) is 5.94. The van der Waals surface area contributed by atoms with Gasteiger partial charge in [0.2, 0.25) is 5.75 Å². The zero-order chi connectivity index (χ0) is 16.5. The van der Waals surface area contributed by atoms with Crippen molar-refractivity contribution in [1.82, 2.24) is 10.2 Å². The molecular formula is C18H32Cl2N2O3. The molecule has 1 N–H and O–H groups in total. The minimum absolute atomic E-state index is 0. The van der Waals surface area contributed by atoms with Crippen molar-refractivity contribution in [2.24, 2.45) is 0 Å². The number of hydrogen-bond donors (Lipinski definition) is 1. The normalized spacial score (nSPS) is 14.7. The first-order valence-corrected chi connectivity index (χ1v) is 8.50. The van der Waals surface area contributed by atoms with E-state index in [0.29, 0.717) is 5.75 Å². The van der Waals surface area contributed by atoms with Gasteiger partial charge in [-0.25, -0.2) is 0 Å². The van der Waals surface area contributed by atoms with E-state index >= 15 is 0 Å². The molecule has 2 rings (SSSR count). The molecule has 0 atom stereocenters. The van der Waals surface area contributed by atoms with Crippen LogP contribution in [0.3, 0.4) is 0 Å². The Bertz CT molecular complexity index is 456. The number of unbranched alkanes of at least 4 members (excludes halogenated alkanes) is 1. The smallest absolute Gasteiger partial charge is 0.203 e. The second-order valence-electron chi connectivity index (χ2n) is 5.94. The Kier molecular flexibility index (Phi) is 12.9. The van der Waals surface area contributed by atoms with Gasteiger partial charge < -0.3 is 24.4 Å². The third-order valence-electron chi connectivity index (χ3n) is 4.35. The Morgan fingerprint density at radius 3 is 2.20 bits per heavy atom. The average molecular weight is 395 g/mol. The van der Waals surface area contributed by atoms with Gasteiger partial charge in [-0.3, -0.25) is 0 Å². The molecule has 1 aliphatic rings. The summed E-state index contributed by atoms with van der Waals surface area (Å²) >= 11 is 0. The zero-order valence-electron chi connectivity index (χ0n) is 15.5. The fourth-order valence-electron chi connectivity index (χ4n) is 3.07. The Hall–Kier alpha value is -0.880. The third kappa shape index (κ3) is 7.48. The van der Waals surface area contributed by atoms with Gasteiger partial charge in [-0.05, 0) is 63.0 Å². The topological polar surface area (TPSA) is 43.0 Å². The number of hydrogen-bond acceptors (Lipinski definition) is 5. The van der Waals surface area contributed by atoms with E-state index in [9.17, 15) is 0 Å². The van der Waals surface area contributed by atoms with Gasteiger partial charge >= 0.3 is 0 Å². The Morgan fingerprint density at radius 2 is 1.60 bits per heavy atom. The van der Waals surface area contributed by atoms with Crippen LogP contribution in [0.2, 0.25) is 0 Å². The Morgan fingerprint density at radius 1 is 0.920 bits per heavy atom. The van der Waals surface area contributed by atoms with E-state index in [-0.39, 0.29) is 24.8 Å². The fourth-order valence-corrected chi connectivity index (χ4v) is 3.07. The molecule has 0 amide bonds. The number of halogens is 2. The van der Waals surface area contributed by atoms with Crippen molar-refractivity contribution in [1.29, 1.82) is 0 Å². The highest BCUT2D eigenvalue weighted by Gasteiger charge is 2.13. The van der Waals surface area contributed by atoms with Crippen LogP contribution in [0.5, 0.6) is 17.2 Å². The minimum atomic E-state index is 0. The van der Waals surface area contributed by atoms with Crippen molar-refractivity contribution in [3.05, 3.63) is 17.7 Å². The van der Waals surface area contributed by atoms with Crippen LogP contribution in [0, 0.1) is 0 Å². The van der Waals surface area contributed by atoms with Crippen molar-refractivity contribution < 1.29 is 14.2 Å². The lowest BCUT2D eigenvalue weighted by molar-refractivity contribution is 0.286. The first kappa shape index (κ1) is 24.1. The molecule has 1 saturated heterocycles. The Labute approximate surface area is 164 Å².